The van der Waals surface area contributed by atoms with E-state index in [0.29, 0.717) is 32.5 Å². The molecule has 0 saturated heterocycles. The summed E-state index contributed by atoms with van der Waals surface area (Å²) in [5.41, 5.74) is 10.4. The SMILES string of the molecule is CCCC(=O)NCCNC(=O)CCN=c1c2cc3c4c(c2oc2c5c6c(cc12)CCCN6CCC5)CCCN4CCC3. The van der Waals surface area contributed by atoms with E-state index in [1.54, 1.807) is 0 Å². The number of carbonyl (C=O) groups excluding carboxylic acids is 2. The zero-order chi connectivity index (χ0) is 28.6. The molecule has 0 radical (unpaired) electrons. The third-order valence-electron chi connectivity index (χ3n) is 9.51. The summed E-state index contributed by atoms with van der Waals surface area (Å²) in [7, 11) is 0. The van der Waals surface area contributed by atoms with Crippen LogP contribution in [0.1, 0.15) is 74.1 Å². The number of anilines is 2. The molecule has 2 N–H and O–H groups in total. The molecule has 0 fully saturated rings. The minimum atomic E-state index is -0.0380. The lowest BCUT2D eigenvalue weighted by Crippen LogP contribution is -2.35. The van der Waals surface area contributed by atoms with Crippen LogP contribution in [0.4, 0.5) is 11.4 Å². The Balaban J connectivity index is 1.29. The molecule has 0 atom stereocenters. The highest BCUT2D eigenvalue weighted by Crippen LogP contribution is 2.43. The third kappa shape index (κ3) is 4.92. The van der Waals surface area contributed by atoms with Crippen LogP contribution in [0.3, 0.4) is 0 Å². The molecule has 5 heterocycles. The Kier molecular flexibility index (Phi) is 7.55. The van der Waals surface area contributed by atoms with E-state index < -0.39 is 0 Å². The summed E-state index contributed by atoms with van der Waals surface area (Å²) < 4.78 is 7.03. The molecule has 7 rings (SSSR count). The van der Waals surface area contributed by atoms with Gasteiger partial charge < -0.3 is 24.9 Å². The summed E-state index contributed by atoms with van der Waals surface area (Å²) in [5.74, 6) is -0.00683. The largest absolute Gasteiger partial charge is 0.455 e. The summed E-state index contributed by atoms with van der Waals surface area (Å²) in [5, 5.41) is 9.00. The summed E-state index contributed by atoms with van der Waals surface area (Å²) in [6.07, 6.45) is 10.6. The summed E-state index contributed by atoms with van der Waals surface area (Å²) in [6.45, 7) is 7.79. The number of hydrogen-bond acceptors (Lipinski definition) is 6. The van der Waals surface area contributed by atoms with Gasteiger partial charge in [0.15, 0.2) is 0 Å². The van der Waals surface area contributed by atoms with E-state index in [-0.39, 0.29) is 11.8 Å². The second kappa shape index (κ2) is 11.6. The Labute approximate surface area is 247 Å². The molecule has 4 aliphatic heterocycles. The van der Waals surface area contributed by atoms with Crippen molar-refractivity contribution in [2.24, 2.45) is 4.99 Å². The van der Waals surface area contributed by atoms with Gasteiger partial charge in [-0.3, -0.25) is 14.6 Å². The smallest absolute Gasteiger partial charge is 0.221 e. The number of nitrogens with one attached hydrogen (secondary N) is 2. The standard InChI is InChI=1S/C34H43N5O3/c1-2-7-28(40)35-14-15-36-29(41)12-13-37-30-26-20-22-8-3-16-38-18-5-10-24(31(22)38)33(26)42-34-25-11-6-19-39-17-4-9-23(32(25)39)21-27(30)34/h20-21H,2-19H2,1H3,(H,35,40)(H,36,41). The molecule has 0 saturated carbocycles. The van der Waals surface area contributed by atoms with E-state index in [1.807, 2.05) is 6.92 Å². The van der Waals surface area contributed by atoms with E-state index in [1.165, 1.54) is 46.5 Å². The first-order valence-corrected chi connectivity index (χ1v) is 16.3. The Bertz CT molecular complexity index is 1530. The number of rotatable bonds is 8. The normalized spacial score (nSPS) is 17.2. The Hall–Kier alpha value is -3.55. The molecule has 1 aromatic heterocycles. The minimum Gasteiger partial charge on any atom is -0.455 e. The van der Waals surface area contributed by atoms with Gasteiger partial charge in [-0.1, -0.05) is 6.92 Å². The van der Waals surface area contributed by atoms with Crippen molar-refractivity contribution in [1.29, 1.82) is 0 Å². The van der Waals surface area contributed by atoms with Crippen molar-refractivity contribution in [3.63, 3.8) is 0 Å². The molecule has 2 aromatic carbocycles. The van der Waals surface area contributed by atoms with Crippen LogP contribution in [-0.4, -0.2) is 57.6 Å². The predicted molar refractivity (Wildman–Crippen MR) is 167 cm³/mol. The van der Waals surface area contributed by atoms with Gasteiger partial charge in [0.1, 0.15) is 11.2 Å². The highest BCUT2D eigenvalue weighted by atomic mass is 16.3. The van der Waals surface area contributed by atoms with Crippen LogP contribution in [0.2, 0.25) is 0 Å². The van der Waals surface area contributed by atoms with Crippen molar-refractivity contribution in [3.05, 3.63) is 39.7 Å². The molecular weight excluding hydrogens is 526 g/mol. The lowest BCUT2D eigenvalue weighted by atomic mass is 9.87. The van der Waals surface area contributed by atoms with Crippen LogP contribution in [0, 0.1) is 0 Å². The molecule has 222 valence electrons. The van der Waals surface area contributed by atoms with Crippen molar-refractivity contribution < 1.29 is 14.0 Å². The number of hydrogen-bond donors (Lipinski definition) is 2. The van der Waals surface area contributed by atoms with Crippen molar-refractivity contribution in [2.45, 2.75) is 77.6 Å². The maximum Gasteiger partial charge on any atom is 0.221 e. The summed E-state index contributed by atoms with van der Waals surface area (Å²) in [6, 6.07) is 4.70. The molecular formula is C34H43N5O3. The van der Waals surface area contributed by atoms with Gasteiger partial charge in [0.25, 0.3) is 0 Å². The Morgan fingerprint density at radius 1 is 0.762 bits per heavy atom. The Morgan fingerprint density at radius 3 is 1.79 bits per heavy atom. The number of fused-ring (bicyclic) bond motifs is 4. The third-order valence-corrected chi connectivity index (χ3v) is 9.51. The highest BCUT2D eigenvalue weighted by Gasteiger charge is 2.30. The molecule has 42 heavy (non-hydrogen) atoms. The van der Waals surface area contributed by atoms with Gasteiger partial charge in [-0.05, 0) is 81.0 Å². The fourth-order valence-corrected chi connectivity index (χ4v) is 7.74. The van der Waals surface area contributed by atoms with Crippen LogP contribution < -0.4 is 25.8 Å². The lowest BCUT2D eigenvalue weighted by molar-refractivity contribution is -0.122. The topological polar surface area (TPSA) is 90.2 Å². The molecule has 0 unspecified atom stereocenters. The fourth-order valence-electron chi connectivity index (χ4n) is 7.74. The average Bonchev–Trinajstić information content (AvgIpc) is 3.00. The van der Waals surface area contributed by atoms with Crippen LogP contribution in [0.15, 0.2) is 21.5 Å². The zero-order valence-electron chi connectivity index (χ0n) is 24.9. The molecule has 0 bridgehead atoms. The molecule has 8 heteroatoms. The first-order valence-electron chi connectivity index (χ1n) is 16.3. The van der Waals surface area contributed by atoms with Crippen molar-refractivity contribution >= 4 is 45.1 Å². The molecule has 0 aliphatic carbocycles. The second-order valence-electron chi connectivity index (χ2n) is 12.4. The Morgan fingerprint density at radius 2 is 1.26 bits per heavy atom. The van der Waals surface area contributed by atoms with E-state index >= 15 is 0 Å². The lowest BCUT2D eigenvalue weighted by Gasteiger charge is -2.38. The number of amides is 2. The van der Waals surface area contributed by atoms with Gasteiger partial charge in [-0.15, -0.1) is 0 Å². The quantitative estimate of drug-likeness (QED) is 0.312. The molecule has 0 spiro atoms. The van der Waals surface area contributed by atoms with Crippen LogP contribution in [0.25, 0.3) is 21.9 Å². The van der Waals surface area contributed by atoms with Gasteiger partial charge in [0, 0.05) is 91.9 Å². The van der Waals surface area contributed by atoms with Crippen molar-refractivity contribution in [1.82, 2.24) is 10.6 Å². The van der Waals surface area contributed by atoms with Crippen LogP contribution in [-0.2, 0) is 35.3 Å². The van der Waals surface area contributed by atoms with Crippen molar-refractivity contribution in [2.75, 3.05) is 55.6 Å². The monoisotopic (exact) mass is 569 g/mol. The van der Waals surface area contributed by atoms with E-state index in [0.717, 1.165) is 98.4 Å². The fraction of sp³-hybridized carbons (Fsp3) is 0.559. The van der Waals surface area contributed by atoms with Gasteiger partial charge in [-0.2, -0.15) is 0 Å². The second-order valence-corrected chi connectivity index (χ2v) is 12.4. The number of aryl methyl sites for hydroxylation is 4. The maximum absolute atomic E-state index is 12.7. The summed E-state index contributed by atoms with van der Waals surface area (Å²) in [4.78, 5) is 34.7. The highest BCUT2D eigenvalue weighted by molar-refractivity contribution is 5.98. The van der Waals surface area contributed by atoms with Crippen molar-refractivity contribution in [3.8, 4) is 0 Å². The number of benzene rings is 2. The molecule has 2 amide bonds. The first kappa shape index (κ1) is 27.3. The van der Waals surface area contributed by atoms with E-state index in [4.69, 9.17) is 9.41 Å². The summed E-state index contributed by atoms with van der Waals surface area (Å²) >= 11 is 0. The minimum absolute atomic E-state index is 0.0312. The molecule has 3 aromatic rings. The van der Waals surface area contributed by atoms with E-state index in [2.05, 4.69) is 32.6 Å². The van der Waals surface area contributed by atoms with Gasteiger partial charge >= 0.3 is 0 Å². The van der Waals surface area contributed by atoms with Crippen LogP contribution in [0.5, 0.6) is 0 Å². The first-order chi connectivity index (χ1) is 20.6. The number of nitrogens with zero attached hydrogens (tertiary/aromatic N) is 3. The zero-order valence-corrected chi connectivity index (χ0v) is 24.9. The molecule has 4 aliphatic rings. The van der Waals surface area contributed by atoms with Gasteiger partial charge in [0.05, 0.1) is 5.36 Å². The maximum atomic E-state index is 12.7. The van der Waals surface area contributed by atoms with Gasteiger partial charge in [0.2, 0.25) is 11.8 Å². The number of carbonyl (C=O) groups is 2. The predicted octanol–water partition coefficient (Wildman–Crippen LogP) is 4.31. The van der Waals surface area contributed by atoms with E-state index in [9.17, 15) is 9.59 Å². The van der Waals surface area contributed by atoms with Crippen LogP contribution >= 0.6 is 0 Å². The van der Waals surface area contributed by atoms with Gasteiger partial charge in [-0.25, -0.2) is 0 Å². The average molecular weight is 570 g/mol. The molecule has 8 nitrogen and oxygen atoms in total.